The highest BCUT2D eigenvalue weighted by Gasteiger charge is 2.26. The molecule has 0 saturated carbocycles. The molecule has 16 nitrogen and oxygen atoms in total. The molecular weight excluding hydrogens is 835 g/mol. The number of rotatable bonds is 12. The Kier molecular flexibility index (Phi) is 11.6. The molecule has 8 rings (SSSR count). The third kappa shape index (κ3) is 9.34. The van der Waals surface area contributed by atoms with Crippen molar-refractivity contribution < 1.29 is 43.9 Å². The van der Waals surface area contributed by atoms with Gasteiger partial charge in [0.25, 0.3) is 0 Å². The van der Waals surface area contributed by atoms with Gasteiger partial charge in [-0.2, -0.15) is 10.2 Å². The second-order valence-corrected chi connectivity index (χ2v) is 18.2. The van der Waals surface area contributed by atoms with Crippen LogP contribution in [0.15, 0.2) is 94.3 Å². The van der Waals surface area contributed by atoms with Gasteiger partial charge in [0.1, 0.15) is 58.5 Å². The second-order valence-electron chi connectivity index (χ2n) is 14.4. The van der Waals surface area contributed by atoms with E-state index in [0.717, 1.165) is 16.8 Å². The summed E-state index contributed by atoms with van der Waals surface area (Å²) in [5, 5.41) is 14.8. The monoisotopic (exact) mass is 874 g/mol. The van der Waals surface area contributed by atoms with Crippen LogP contribution in [0.25, 0.3) is 67.4 Å². The van der Waals surface area contributed by atoms with Crippen molar-refractivity contribution in [1.29, 1.82) is 0 Å². The van der Waals surface area contributed by atoms with E-state index in [-0.39, 0.29) is 29.5 Å². The van der Waals surface area contributed by atoms with Crippen molar-refractivity contribution in [3.05, 3.63) is 97.1 Å². The van der Waals surface area contributed by atoms with Crippen molar-refractivity contribution in [2.45, 2.75) is 39.9 Å². The zero-order chi connectivity index (χ0) is 43.8. The lowest BCUT2D eigenvalue weighted by molar-refractivity contribution is 0.243. The minimum absolute atomic E-state index is 0.193. The summed E-state index contributed by atoms with van der Waals surface area (Å²) in [7, 11) is -5.64. The Morgan fingerprint density at radius 1 is 0.672 bits per heavy atom. The van der Waals surface area contributed by atoms with E-state index in [1.54, 1.807) is 48.5 Å². The molecule has 318 valence electrons. The Morgan fingerprint density at radius 3 is 1.52 bits per heavy atom. The predicted octanol–water partition coefficient (Wildman–Crippen LogP) is 8.39. The lowest BCUT2D eigenvalue weighted by Crippen LogP contribution is -2.25. The summed E-state index contributed by atoms with van der Waals surface area (Å²) in [6.07, 6.45) is 4.53. The molecule has 0 unspecified atom stereocenters. The zero-order valence-electron chi connectivity index (χ0n) is 33.8. The molecule has 61 heavy (non-hydrogen) atoms. The highest BCUT2D eigenvalue weighted by atomic mass is 32.2. The Balaban J connectivity index is 0.000000184. The topological polar surface area (TPSA) is 211 Å². The third-order valence-corrected chi connectivity index (χ3v) is 10.7. The third-order valence-electron chi connectivity index (χ3n) is 8.93. The SMILES string of the molecule is CC(C)Oc1cc2c(-c3ncn[nH]3)c(-c3ccc(F)cc3)oc2cc1N(C)S(C)(=O)=O.CC(C)Oc1cc2c(-c3ncn[nH]3)c(-c3ccc(F)cc3)oc2cc1NS(C)(=O)=O. The molecule has 0 aliphatic heterocycles. The van der Waals surface area contributed by atoms with Crippen LogP contribution in [0.2, 0.25) is 0 Å². The van der Waals surface area contributed by atoms with Crippen LogP contribution in [0.3, 0.4) is 0 Å². The van der Waals surface area contributed by atoms with Gasteiger partial charge in [-0.25, -0.2) is 35.6 Å². The molecule has 0 spiro atoms. The van der Waals surface area contributed by atoms with E-state index < -0.39 is 20.0 Å². The fourth-order valence-corrected chi connectivity index (χ4v) is 7.43. The van der Waals surface area contributed by atoms with Crippen molar-refractivity contribution in [2.24, 2.45) is 0 Å². The number of sulfonamides is 2. The van der Waals surface area contributed by atoms with Gasteiger partial charge in [0, 0.05) is 41.1 Å². The van der Waals surface area contributed by atoms with Crippen LogP contribution in [0.4, 0.5) is 20.2 Å². The maximum absolute atomic E-state index is 13.5. The Labute approximate surface area is 349 Å². The van der Waals surface area contributed by atoms with Gasteiger partial charge in [0.2, 0.25) is 20.0 Å². The molecule has 0 bridgehead atoms. The minimum Gasteiger partial charge on any atom is -0.489 e. The molecule has 0 atom stereocenters. The Bertz CT molecular complexity index is 3040. The molecule has 0 saturated heterocycles. The summed E-state index contributed by atoms with van der Waals surface area (Å²) in [6.45, 7) is 7.38. The van der Waals surface area contributed by atoms with Gasteiger partial charge < -0.3 is 18.3 Å². The molecule has 4 heterocycles. The average molecular weight is 875 g/mol. The summed E-state index contributed by atoms with van der Waals surface area (Å²) < 4.78 is 103. The lowest BCUT2D eigenvalue weighted by atomic mass is 10.0. The fourth-order valence-electron chi connectivity index (χ4n) is 6.37. The second kappa shape index (κ2) is 16.7. The first-order chi connectivity index (χ1) is 28.9. The van der Waals surface area contributed by atoms with Crippen LogP contribution in [0, 0.1) is 11.6 Å². The first kappa shape index (κ1) is 42.3. The number of H-pyrrole nitrogens is 2. The number of halogens is 2. The molecule has 0 radical (unpaired) electrons. The van der Waals surface area contributed by atoms with E-state index in [1.165, 1.54) is 44.0 Å². The number of anilines is 2. The summed E-state index contributed by atoms with van der Waals surface area (Å²) in [6, 6.07) is 18.3. The van der Waals surface area contributed by atoms with Crippen molar-refractivity contribution in [3.63, 3.8) is 0 Å². The molecule has 0 aliphatic carbocycles. The Hall–Kier alpha value is -6.80. The molecule has 20 heteroatoms. The number of aromatic nitrogens is 6. The molecule has 3 N–H and O–H groups in total. The number of benzene rings is 4. The largest absolute Gasteiger partial charge is 0.489 e. The summed E-state index contributed by atoms with van der Waals surface area (Å²) in [5.74, 6) is 1.77. The molecule has 0 fully saturated rings. The van der Waals surface area contributed by atoms with Crippen LogP contribution < -0.4 is 18.5 Å². The number of hydrogen-bond acceptors (Lipinski definition) is 12. The molecule has 0 amide bonds. The Morgan fingerprint density at radius 2 is 1.11 bits per heavy atom. The van der Waals surface area contributed by atoms with Crippen LogP contribution in [-0.4, -0.2) is 79.0 Å². The van der Waals surface area contributed by atoms with E-state index >= 15 is 0 Å². The van der Waals surface area contributed by atoms with E-state index in [4.69, 9.17) is 18.3 Å². The summed E-state index contributed by atoms with van der Waals surface area (Å²) in [4.78, 5) is 8.48. The average Bonchev–Trinajstić information content (AvgIpc) is 4.01. The molecule has 4 aromatic heterocycles. The van der Waals surface area contributed by atoms with Crippen molar-refractivity contribution in [3.8, 4) is 56.9 Å². The first-order valence-corrected chi connectivity index (χ1v) is 22.3. The summed E-state index contributed by atoms with van der Waals surface area (Å²) in [5.41, 5.74) is 3.90. The molecular formula is C41H40F2N8O8S2. The zero-order valence-corrected chi connectivity index (χ0v) is 35.4. The van der Waals surface area contributed by atoms with Crippen LogP contribution in [0.1, 0.15) is 27.7 Å². The number of furan rings is 2. The van der Waals surface area contributed by atoms with Crippen LogP contribution in [0.5, 0.6) is 11.5 Å². The number of hydrogen-bond donors (Lipinski definition) is 3. The van der Waals surface area contributed by atoms with Gasteiger partial charge in [-0.05, 0) is 88.4 Å². The fraction of sp³-hybridized carbons (Fsp3) is 0.220. The van der Waals surface area contributed by atoms with Gasteiger partial charge in [-0.1, -0.05) is 0 Å². The maximum Gasteiger partial charge on any atom is 0.232 e. The number of nitrogens with zero attached hydrogens (tertiary/aromatic N) is 5. The van der Waals surface area contributed by atoms with Gasteiger partial charge in [0.15, 0.2) is 11.6 Å². The molecule has 4 aromatic carbocycles. The maximum atomic E-state index is 13.5. The van der Waals surface area contributed by atoms with Gasteiger partial charge in [-0.15, -0.1) is 0 Å². The van der Waals surface area contributed by atoms with Crippen molar-refractivity contribution in [1.82, 2.24) is 30.4 Å². The highest BCUT2D eigenvalue weighted by molar-refractivity contribution is 7.92. The van der Waals surface area contributed by atoms with E-state index in [1.807, 2.05) is 27.7 Å². The summed E-state index contributed by atoms with van der Waals surface area (Å²) >= 11 is 0. The van der Waals surface area contributed by atoms with E-state index in [9.17, 15) is 25.6 Å². The number of ether oxygens (including phenoxy) is 2. The number of fused-ring (bicyclic) bond motifs is 2. The van der Waals surface area contributed by atoms with E-state index in [2.05, 4.69) is 35.1 Å². The number of nitrogens with one attached hydrogen (secondary N) is 3. The highest BCUT2D eigenvalue weighted by Crippen LogP contribution is 2.45. The van der Waals surface area contributed by atoms with Gasteiger partial charge in [-0.3, -0.25) is 19.2 Å². The lowest BCUT2D eigenvalue weighted by Gasteiger charge is -2.21. The quantitative estimate of drug-likeness (QED) is 0.106. The van der Waals surface area contributed by atoms with E-state index in [0.29, 0.717) is 84.5 Å². The van der Waals surface area contributed by atoms with Crippen molar-refractivity contribution in [2.75, 3.05) is 28.6 Å². The molecule has 0 aliphatic rings. The minimum atomic E-state index is -3.55. The van der Waals surface area contributed by atoms with Crippen LogP contribution in [-0.2, 0) is 20.0 Å². The first-order valence-electron chi connectivity index (χ1n) is 18.6. The van der Waals surface area contributed by atoms with Crippen molar-refractivity contribution >= 4 is 53.4 Å². The van der Waals surface area contributed by atoms with Crippen LogP contribution >= 0.6 is 0 Å². The smallest absolute Gasteiger partial charge is 0.232 e. The normalized spacial score (nSPS) is 11.9. The molecule has 8 aromatic rings. The van der Waals surface area contributed by atoms with Gasteiger partial charge >= 0.3 is 0 Å². The predicted molar refractivity (Wildman–Crippen MR) is 227 cm³/mol. The standard InChI is InChI=1S/C21H21FN4O4S.C20H19FN4O4S/c1-12(2)29-18-9-15-17(10-16(18)26(3)31(4,27)28)30-20(13-5-7-14(22)8-6-13)19(15)21-23-11-24-25-21;1-11(2)28-17-8-14-16(9-15(17)25-30(3,26)27)29-19(12-4-6-13(21)7-5-12)18(14)20-22-10-23-24-20/h5-12H,1-4H3,(H,23,24,25);4-11,25H,1-3H3,(H,22,23,24). The number of aromatic amines is 2. The van der Waals surface area contributed by atoms with Gasteiger partial charge in [0.05, 0.1) is 47.2 Å².